The van der Waals surface area contributed by atoms with E-state index in [1.807, 2.05) is 12.1 Å². The molecule has 20 heavy (non-hydrogen) atoms. The number of esters is 2. The molecule has 0 radical (unpaired) electrons. The van der Waals surface area contributed by atoms with Crippen LogP contribution in [0.2, 0.25) is 0 Å². The van der Waals surface area contributed by atoms with Gasteiger partial charge in [0, 0.05) is 0 Å². The van der Waals surface area contributed by atoms with Gasteiger partial charge in [0.05, 0.1) is 23.7 Å². The van der Waals surface area contributed by atoms with Crippen molar-refractivity contribution in [3.63, 3.8) is 0 Å². The number of hydrogen-bond acceptors (Lipinski definition) is 4. The van der Waals surface area contributed by atoms with E-state index in [2.05, 4.69) is 13.2 Å². The molecule has 0 aromatic heterocycles. The van der Waals surface area contributed by atoms with Gasteiger partial charge in [0.25, 0.3) is 0 Å². The highest BCUT2D eigenvalue weighted by atomic mass is 16.5. The molecule has 2 rings (SSSR count). The maximum atomic E-state index is 12.1. The topological polar surface area (TPSA) is 52.6 Å². The van der Waals surface area contributed by atoms with Crippen LogP contribution in [0.1, 0.15) is 20.7 Å². The van der Waals surface area contributed by atoms with Gasteiger partial charge < -0.3 is 9.47 Å². The lowest BCUT2D eigenvalue weighted by molar-refractivity contribution is 0.0621. The molecule has 0 saturated carbocycles. The average Bonchev–Trinajstić information content (AvgIpc) is 2.46. The van der Waals surface area contributed by atoms with Crippen LogP contribution >= 0.6 is 0 Å². The minimum absolute atomic E-state index is 0.121. The molecule has 0 unspecified atom stereocenters. The molecule has 0 amide bonds. The lowest BCUT2D eigenvalue weighted by Crippen LogP contribution is -2.11. The maximum Gasteiger partial charge on any atom is 0.344 e. The summed E-state index contributed by atoms with van der Waals surface area (Å²) in [6.45, 7) is 6.67. The fourth-order valence-electron chi connectivity index (χ4n) is 1.94. The molecule has 0 fully saturated rings. The first-order valence-corrected chi connectivity index (χ1v) is 5.84. The molecule has 0 spiro atoms. The zero-order chi connectivity index (χ0) is 14.5. The summed E-state index contributed by atoms with van der Waals surface area (Å²) in [5, 5.41) is 1.43. The van der Waals surface area contributed by atoms with E-state index < -0.39 is 11.9 Å². The molecule has 2 aromatic rings. The normalized spacial score (nSPS) is 9.80. The van der Waals surface area contributed by atoms with Gasteiger partial charge in [-0.3, -0.25) is 0 Å². The van der Waals surface area contributed by atoms with E-state index in [4.69, 9.17) is 9.47 Å². The number of benzene rings is 2. The van der Waals surface area contributed by atoms with Crippen LogP contribution in [-0.4, -0.2) is 11.9 Å². The zero-order valence-corrected chi connectivity index (χ0v) is 10.7. The van der Waals surface area contributed by atoms with Crippen LogP contribution in [-0.2, 0) is 9.47 Å². The molecule has 0 saturated heterocycles. The summed E-state index contributed by atoms with van der Waals surface area (Å²) in [5.74, 6) is -1.32. The molecule has 0 N–H and O–H groups in total. The van der Waals surface area contributed by atoms with Gasteiger partial charge in [-0.2, -0.15) is 0 Å². The van der Waals surface area contributed by atoms with Crippen LogP contribution in [0, 0.1) is 0 Å². The Morgan fingerprint density at radius 3 is 2.25 bits per heavy atom. The Bertz CT molecular complexity index is 701. The lowest BCUT2D eigenvalue weighted by Gasteiger charge is -2.09. The number of carbonyl (C=O) groups excluding carboxylic acids is 2. The lowest BCUT2D eigenvalue weighted by atomic mass is 9.99. The summed E-state index contributed by atoms with van der Waals surface area (Å²) in [6.07, 6.45) is 2.03. The Balaban J connectivity index is 2.70. The molecule has 0 bridgehead atoms. The third kappa shape index (κ3) is 2.44. The van der Waals surface area contributed by atoms with Gasteiger partial charge in [0.2, 0.25) is 0 Å². The fourth-order valence-corrected chi connectivity index (χ4v) is 1.94. The summed E-state index contributed by atoms with van der Waals surface area (Å²) in [5.41, 5.74) is 0.269. The van der Waals surface area contributed by atoms with Crippen LogP contribution in [0.3, 0.4) is 0 Å². The van der Waals surface area contributed by atoms with E-state index in [1.54, 1.807) is 18.2 Å². The van der Waals surface area contributed by atoms with Crippen LogP contribution in [0.25, 0.3) is 10.8 Å². The largest absolute Gasteiger partial charge is 0.432 e. The smallest absolute Gasteiger partial charge is 0.344 e. The Morgan fingerprint density at radius 2 is 1.55 bits per heavy atom. The molecule has 100 valence electrons. The number of rotatable bonds is 4. The number of carbonyl (C=O) groups is 2. The molecule has 0 atom stereocenters. The first kappa shape index (κ1) is 13.5. The molecular formula is C16H12O4. The van der Waals surface area contributed by atoms with Crippen LogP contribution in [0.5, 0.6) is 0 Å². The van der Waals surface area contributed by atoms with Crippen molar-refractivity contribution in [2.45, 2.75) is 0 Å². The molecule has 2 aromatic carbocycles. The van der Waals surface area contributed by atoms with Crippen molar-refractivity contribution in [1.29, 1.82) is 0 Å². The summed E-state index contributed by atoms with van der Waals surface area (Å²) < 4.78 is 9.53. The molecule has 0 aliphatic rings. The van der Waals surface area contributed by atoms with E-state index in [0.717, 1.165) is 17.9 Å². The quantitative estimate of drug-likeness (QED) is 0.629. The van der Waals surface area contributed by atoms with E-state index in [0.29, 0.717) is 5.39 Å². The highest BCUT2D eigenvalue weighted by Crippen LogP contribution is 2.24. The van der Waals surface area contributed by atoms with Crippen LogP contribution in [0.15, 0.2) is 62.1 Å². The predicted octanol–water partition coefficient (Wildman–Crippen LogP) is 3.44. The first-order valence-electron chi connectivity index (χ1n) is 5.84. The summed E-state index contributed by atoms with van der Waals surface area (Å²) >= 11 is 0. The second-order valence-corrected chi connectivity index (χ2v) is 3.85. The van der Waals surface area contributed by atoms with E-state index in [1.165, 1.54) is 6.07 Å². The molecule has 0 aliphatic heterocycles. The zero-order valence-electron chi connectivity index (χ0n) is 10.7. The van der Waals surface area contributed by atoms with Gasteiger partial charge >= 0.3 is 11.9 Å². The molecular weight excluding hydrogens is 256 g/mol. The van der Waals surface area contributed by atoms with Crippen molar-refractivity contribution < 1.29 is 19.1 Å². The van der Waals surface area contributed by atoms with E-state index in [9.17, 15) is 9.59 Å². The van der Waals surface area contributed by atoms with Gasteiger partial charge in [-0.05, 0) is 16.8 Å². The van der Waals surface area contributed by atoms with Crippen molar-refractivity contribution in [2.24, 2.45) is 0 Å². The van der Waals surface area contributed by atoms with Crippen molar-refractivity contribution in [1.82, 2.24) is 0 Å². The Labute approximate surface area is 115 Å². The molecule has 0 aliphatic carbocycles. The Morgan fingerprint density at radius 1 is 0.900 bits per heavy atom. The SMILES string of the molecule is C=COC(=O)c1ccc2ccccc2c1C(=O)OC=C. The fraction of sp³-hybridized carbons (Fsp3) is 0. The second kappa shape index (κ2) is 5.84. The first-order chi connectivity index (χ1) is 9.69. The Hall–Kier alpha value is -2.88. The van der Waals surface area contributed by atoms with Crippen molar-refractivity contribution in [3.8, 4) is 0 Å². The average molecular weight is 268 g/mol. The highest BCUT2D eigenvalue weighted by molar-refractivity contribution is 6.12. The van der Waals surface area contributed by atoms with Crippen molar-refractivity contribution >= 4 is 22.7 Å². The Kier molecular flexibility index (Phi) is 3.96. The van der Waals surface area contributed by atoms with E-state index in [-0.39, 0.29) is 11.1 Å². The highest BCUT2D eigenvalue weighted by Gasteiger charge is 2.21. The number of ether oxygens (including phenoxy) is 2. The number of fused-ring (bicyclic) bond motifs is 1. The molecule has 4 heteroatoms. The van der Waals surface area contributed by atoms with Gasteiger partial charge in [-0.15, -0.1) is 0 Å². The van der Waals surface area contributed by atoms with Crippen LogP contribution < -0.4 is 0 Å². The van der Waals surface area contributed by atoms with Crippen LogP contribution in [0.4, 0.5) is 0 Å². The monoisotopic (exact) mass is 268 g/mol. The van der Waals surface area contributed by atoms with Crippen molar-refractivity contribution in [3.05, 3.63) is 73.2 Å². The van der Waals surface area contributed by atoms with Gasteiger partial charge in [-0.1, -0.05) is 43.5 Å². The third-order valence-electron chi connectivity index (χ3n) is 2.73. The molecule has 4 nitrogen and oxygen atoms in total. The van der Waals surface area contributed by atoms with Crippen molar-refractivity contribution in [2.75, 3.05) is 0 Å². The summed E-state index contributed by atoms with van der Waals surface area (Å²) in [7, 11) is 0. The summed E-state index contributed by atoms with van der Waals surface area (Å²) in [6, 6.07) is 10.4. The van der Waals surface area contributed by atoms with Gasteiger partial charge in [0.1, 0.15) is 0 Å². The van der Waals surface area contributed by atoms with Gasteiger partial charge in [-0.25, -0.2) is 9.59 Å². The number of hydrogen-bond donors (Lipinski definition) is 0. The third-order valence-corrected chi connectivity index (χ3v) is 2.73. The van der Waals surface area contributed by atoms with E-state index >= 15 is 0 Å². The summed E-state index contributed by atoms with van der Waals surface area (Å²) in [4.78, 5) is 24.0. The van der Waals surface area contributed by atoms with Gasteiger partial charge in [0.15, 0.2) is 0 Å². The predicted molar refractivity (Wildman–Crippen MR) is 75.2 cm³/mol. The minimum Gasteiger partial charge on any atom is -0.432 e. The molecule has 0 heterocycles. The standard InChI is InChI=1S/C16H12O4/c1-3-19-15(17)13-10-9-11-7-5-6-8-12(11)14(13)16(18)20-4-2/h3-10H,1-2H2. The maximum absolute atomic E-state index is 12.1. The minimum atomic E-state index is -0.665. The second-order valence-electron chi connectivity index (χ2n) is 3.85.